The van der Waals surface area contributed by atoms with Crippen LogP contribution < -0.4 is 20.3 Å². The van der Waals surface area contributed by atoms with Gasteiger partial charge in [-0.3, -0.25) is 19.3 Å². The molecule has 32 heavy (non-hydrogen) atoms. The molecule has 2 amide bonds. The Morgan fingerprint density at radius 2 is 1.84 bits per heavy atom. The van der Waals surface area contributed by atoms with Crippen LogP contribution in [0.2, 0.25) is 0 Å². The van der Waals surface area contributed by atoms with Crippen LogP contribution in [0.15, 0.2) is 48.2 Å². The topological polar surface area (TPSA) is 97.0 Å². The Balaban J connectivity index is 1.82. The van der Waals surface area contributed by atoms with E-state index in [0.717, 1.165) is 16.7 Å². The minimum Gasteiger partial charge on any atom is -0.497 e. The number of aryl methyl sites for hydroxylation is 2. The van der Waals surface area contributed by atoms with Gasteiger partial charge in [-0.05, 0) is 54.8 Å². The van der Waals surface area contributed by atoms with Gasteiger partial charge in [0.1, 0.15) is 12.3 Å². The lowest BCUT2D eigenvalue weighted by Crippen LogP contribution is -2.40. The summed E-state index contributed by atoms with van der Waals surface area (Å²) in [4.78, 5) is 38.9. The van der Waals surface area contributed by atoms with Gasteiger partial charge in [0.05, 0.1) is 32.0 Å². The van der Waals surface area contributed by atoms with E-state index in [0.29, 0.717) is 29.4 Å². The molecular weight excluding hydrogens is 410 g/mol. The first-order chi connectivity index (χ1) is 15.3. The smallest absolute Gasteiger partial charge is 0.311 e. The first kappa shape index (κ1) is 22.9. The number of carbonyl (C=O) groups is 3. The maximum absolute atomic E-state index is 13.0. The predicted molar refractivity (Wildman–Crippen MR) is 121 cm³/mol. The second-order valence-electron chi connectivity index (χ2n) is 7.55. The van der Waals surface area contributed by atoms with Crippen molar-refractivity contribution in [1.29, 1.82) is 0 Å². The lowest BCUT2D eigenvalue weighted by molar-refractivity contribution is -0.139. The molecule has 0 aliphatic carbocycles. The molecule has 168 valence electrons. The normalized spacial score (nSPS) is 12.8. The van der Waals surface area contributed by atoms with E-state index in [1.807, 2.05) is 50.2 Å². The van der Waals surface area contributed by atoms with E-state index < -0.39 is 11.9 Å². The van der Waals surface area contributed by atoms with Gasteiger partial charge >= 0.3 is 5.97 Å². The van der Waals surface area contributed by atoms with Crippen molar-refractivity contribution in [2.45, 2.75) is 26.8 Å². The number of rotatable bonds is 7. The lowest BCUT2D eigenvalue weighted by atomic mass is 10.1. The van der Waals surface area contributed by atoms with E-state index in [-0.39, 0.29) is 18.9 Å². The van der Waals surface area contributed by atoms with Crippen LogP contribution in [0.1, 0.15) is 23.1 Å². The molecule has 0 atom stereocenters. The van der Waals surface area contributed by atoms with Crippen molar-refractivity contribution >= 4 is 29.2 Å². The summed E-state index contributed by atoms with van der Waals surface area (Å²) >= 11 is 0. The highest BCUT2D eigenvalue weighted by Gasteiger charge is 2.26. The Labute approximate surface area is 187 Å². The molecule has 1 aliphatic rings. The molecule has 8 nitrogen and oxygen atoms in total. The first-order valence-electron chi connectivity index (χ1n) is 10.2. The molecule has 2 aromatic carbocycles. The molecule has 0 aromatic heterocycles. The van der Waals surface area contributed by atoms with E-state index in [2.05, 4.69) is 10.6 Å². The highest BCUT2D eigenvalue weighted by Crippen LogP contribution is 2.33. The number of amides is 2. The number of ether oxygens (including phenoxy) is 2. The van der Waals surface area contributed by atoms with Gasteiger partial charge < -0.3 is 20.1 Å². The lowest BCUT2D eigenvalue weighted by Gasteiger charge is -2.23. The number of benzene rings is 2. The monoisotopic (exact) mass is 437 g/mol. The van der Waals surface area contributed by atoms with E-state index in [4.69, 9.17) is 9.47 Å². The number of hydrogen-bond donors (Lipinski definition) is 2. The van der Waals surface area contributed by atoms with Crippen molar-refractivity contribution in [2.75, 3.05) is 31.0 Å². The zero-order chi connectivity index (χ0) is 23.3. The highest BCUT2D eigenvalue weighted by atomic mass is 16.5. The molecular formula is C24H27N3O5. The Morgan fingerprint density at radius 1 is 1.09 bits per heavy atom. The minimum absolute atomic E-state index is 0.0789. The van der Waals surface area contributed by atoms with Crippen LogP contribution in [0.25, 0.3) is 0 Å². The number of carbonyl (C=O) groups excluding carboxylic acids is 3. The number of fused-ring (bicyclic) bond motifs is 1. The van der Waals surface area contributed by atoms with Crippen molar-refractivity contribution in [3.8, 4) is 5.75 Å². The van der Waals surface area contributed by atoms with Gasteiger partial charge in [-0.1, -0.05) is 12.1 Å². The standard InChI is InChI=1S/C24H27N3O5/c1-15-8-20-21(9-16(15)2)27(23(29)11-18(26-20)12-24(30)32-4)14-22(28)25-13-17-6-5-7-19(10-17)31-3/h5-11,26H,12-14H2,1-4H3,(H,25,28). The highest BCUT2D eigenvalue weighted by molar-refractivity contribution is 6.09. The number of methoxy groups -OCH3 is 2. The van der Waals surface area contributed by atoms with Gasteiger partial charge in [-0.2, -0.15) is 0 Å². The largest absolute Gasteiger partial charge is 0.497 e. The second kappa shape index (κ2) is 10.00. The maximum atomic E-state index is 13.0. The van der Waals surface area contributed by atoms with Crippen molar-refractivity contribution in [2.24, 2.45) is 0 Å². The Kier molecular flexibility index (Phi) is 7.14. The molecule has 2 N–H and O–H groups in total. The van der Waals surface area contributed by atoms with Gasteiger partial charge in [-0.25, -0.2) is 0 Å². The fourth-order valence-electron chi connectivity index (χ4n) is 3.35. The molecule has 3 rings (SSSR count). The number of nitrogens with zero attached hydrogens (tertiary/aromatic N) is 1. The second-order valence-corrected chi connectivity index (χ2v) is 7.55. The Bertz CT molecular complexity index is 1080. The van der Waals surface area contributed by atoms with Gasteiger partial charge in [0.2, 0.25) is 5.91 Å². The molecule has 0 radical (unpaired) electrons. The fourth-order valence-corrected chi connectivity index (χ4v) is 3.35. The van der Waals surface area contributed by atoms with E-state index in [1.165, 1.54) is 18.1 Å². The summed E-state index contributed by atoms with van der Waals surface area (Å²) in [6.45, 7) is 4.04. The first-order valence-corrected chi connectivity index (χ1v) is 10.2. The molecule has 0 spiro atoms. The summed E-state index contributed by atoms with van der Waals surface area (Å²) in [5.41, 5.74) is 4.52. The van der Waals surface area contributed by atoms with Crippen LogP contribution in [-0.4, -0.2) is 38.5 Å². The van der Waals surface area contributed by atoms with Crippen molar-refractivity contribution in [3.05, 3.63) is 64.9 Å². The summed E-state index contributed by atoms with van der Waals surface area (Å²) in [5, 5.41) is 5.99. The molecule has 1 aliphatic heterocycles. The summed E-state index contributed by atoms with van der Waals surface area (Å²) in [5.74, 6) is -0.468. The number of esters is 1. The van der Waals surface area contributed by atoms with Crippen molar-refractivity contribution in [3.63, 3.8) is 0 Å². The van der Waals surface area contributed by atoms with Crippen molar-refractivity contribution in [1.82, 2.24) is 5.32 Å². The van der Waals surface area contributed by atoms with Crippen LogP contribution >= 0.6 is 0 Å². The average Bonchev–Trinajstić information content (AvgIpc) is 2.89. The summed E-state index contributed by atoms with van der Waals surface area (Å²) in [6.07, 6.45) is 1.25. The maximum Gasteiger partial charge on any atom is 0.311 e. The predicted octanol–water partition coefficient (Wildman–Crippen LogP) is 2.83. The third-order valence-corrected chi connectivity index (χ3v) is 5.25. The SMILES string of the molecule is COC(=O)CC1=CC(=O)N(CC(=O)NCc2cccc(OC)c2)c2cc(C)c(C)cc2N1. The molecule has 0 saturated heterocycles. The third-order valence-electron chi connectivity index (χ3n) is 5.25. The van der Waals surface area contributed by atoms with Crippen LogP contribution in [0.4, 0.5) is 11.4 Å². The number of hydrogen-bond acceptors (Lipinski definition) is 6. The molecule has 0 saturated carbocycles. The van der Waals surface area contributed by atoms with E-state index >= 15 is 0 Å². The average molecular weight is 437 g/mol. The Hall–Kier alpha value is -3.81. The molecule has 0 bridgehead atoms. The van der Waals surface area contributed by atoms with Crippen LogP contribution in [0.3, 0.4) is 0 Å². The van der Waals surface area contributed by atoms with Crippen LogP contribution in [-0.2, 0) is 25.7 Å². The van der Waals surface area contributed by atoms with Gasteiger partial charge in [0.25, 0.3) is 5.91 Å². The van der Waals surface area contributed by atoms with E-state index in [1.54, 1.807) is 7.11 Å². The van der Waals surface area contributed by atoms with Crippen LogP contribution in [0, 0.1) is 13.8 Å². The zero-order valence-electron chi connectivity index (χ0n) is 18.7. The summed E-state index contributed by atoms with van der Waals surface area (Å²) in [7, 11) is 2.88. The zero-order valence-corrected chi connectivity index (χ0v) is 18.7. The van der Waals surface area contributed by atoms with Gasteiger partial charge in [0, 0.05) is 18.3 Å². The van der Waals surface area contributed by atoms with E-state index in [9.17, 15) is 14.4 Å². The quantitative estimate of drug-likeness (QED) is 0.647. The molecule has 2 aromatic rings. The van der Waals surface area contributed by atoms with Crippen LogP contribution in [0.5, 0.6) is 5.75 Å². The number of nitrogens with one attached hydrogen (secondary N) is 2. The van der Waals surface area contributed by atoms with Crippen molar-refractivity contribution < 1.29 is 23.9 Å². The summed E-state index contributed by atoms with van der Waals surface area (Å²) < 4.78 is 9.93. The number of anilines is 2. The molecule has 8 heteroatoms. The molecule has 0 unspecified atom stereocenters. The van der Waals surface area contributed by atoms with Gasteiger partial charge in [0.15, 0.2) is 0 Å². The molecule has 1 heterocycles. The summed E-state index contributed by atoms with van der Waals surface area (Å²) in [6, 6.07) is 11.2. The Morgan fingerprint density at radius 3 is 2.56 bits per heavy atom. The van der Waals surface area contributed by atoms with Gasteiger partial charge in [-0.15, -0.1) is 0 Å². The fraction of sp³-hybridized carbons (Fsp3) is 0.292. The molecule has 0 fully saturated rings. The third kappa shape index (κ3) is 5.46. The minimum atomic E-state index is -0.466.